The molecule has 0 unspecified atom stereocenters. The zero-order valence-corrected chi connectivity index (χ0v) is 13.8. The van der Waals surface area contributed by atoms with Gasteiger partial charge in [-0.2, -0.15) is 0 Å². The molecular weight excluding hydrogens is 300 g/mol. The Morgan fingerprint density at radius 1 is 1.17 bits per heavy atom. The molecule has 0 spiro atoms. The van der Waals surface area contributed by atoms with Crippen molar-refractivity contribution in [2.75, 3.05) is 13.2 Å². The lowest BCUT2D eigenvalue weighted by Gasteiger charge is -2.25. The monoisotopic (exact) mass is 324 g/mol. The van der Waals surface area contributed by atoms with Gasteiger partial charge in [0.05, 0.1) is 6.42 Å². The molecule has 0 aromatic heterocycles. The summed E-state index contributed by atoms with van der Waals surface area (Å²) in [7, 11) is 0. The summed E-state index contributed by atoms with van der Waals surface area (Å²) in [4.78, 5) is 12.3. The highest BCUT2D eigenvalue weighted by Crippen LogP contribution is 2.21. The summed E-state index contributed by atoms with van der Waals surface area (Å²) < 4.78 is 5.51. The van der Waals surface area contributed by atoms with E-state index in [1.54, 1.807) is 0 Å². The summed E-state index contributed by atoms with van der Waals surface area (Å²) in [6.07, 6.45) is 3.32. The predicted molar refractivity (Wildman–Crippen MR) is 95.1 cm³/mol. The molecule has 4 heteroatoms. The first-order valence-corrected chi connectivity index (χ1v) is 8.52. The average Bonchev–Trinajstić information content (AvgIpc) is 2.60. The van der Waals surface area contributed by atoms with E-state index in [-0.39, 0.29) is 11.9 Å². The Balaban J connectivity index is 1.55. The van der Waals surface area contributed by atoms with Gasteiger partial charge in [0.15, 0.2) is 0 Å². The number of amides is 1. The minimum absolute atomic E-state index is 0.0651. The van der Waals surface area contributed by atoms with Crippen molar-refractivity contribution in [3.63, 3.8) is 0 Å². The number of nitrogens with two attached hydrogens (primary N) is 1. The van der Waals surface area contributed by atoms with Crippen LogP contribution >= 0.6 is 0 Å². The molecule has 2 aromatic carbocycles. The van der Waals surface area contributed by atoms with Crippen LogP contribution in [0.25, 0.3) is 0 Å². The first kappa shape index (κ1) is 16.5. The Hall–Kier alpha value is -2.33. The Bertz CT molecular complexity index is 700. The van der Waals surface area contributed by atoms with Crippen molar-refractivity contribution < 1.29 is 9.53 Å². The summed E-state index contributed by atoms with van der Waals surface area (Å²) >= 11 is 0. The van der Waals surface area contributed by atoms with E-state index in [1.807, 2.05) is 24.3 Å². The first-order valence-electron chi connectivity index (χ1n) is 8.52. The van der Waals surface area contributed by atoms with Gasteiger partial charge < -0.3 is 15.8 Å². The maximum Gasteiger partial charge on any atom is 0.224 e. The smallest absolute Gasteiger partial charge is 0.224 e. The van der Waals surface area contributed by atoms with E-state index < -0.39 is 0 Å². The molecule has 24 heavy (non-hydrogen) atoms. The molecule has 3 N–H and O–H groups in total. The average molecular weight is 324 g/mol. The molecule has 0 fully saturated rings. The molecule has 4 nitrogen and oxygen atoms in total. The molecule has 0 bridgehead atoms. The number of carbonyl (C=O) groups excluding carboxylic acids is 1. The zero-order valence-electron chi connectivity index (χ0n) is 13.8. The van der Waals surface area contributed by atoms with Gasteiger partial charge in [0.1, 0.15) is 12.4 Å². The van der Waals surface area contributed by atoms with Gasteiger partial charge in [-0.15, -0.1) is 0 Å². The summed E-state index contributed by atoms with van der Waals surface area (Å²) in [5, 5.41) is 3.17. The van der Waals surface area contributed by atoms with Crippen LogP contribution < -0.4 is 15.8 Å². The van der Waals surface area contributed by atoms with Crippen molar-refractivity contribution in [3.05, 3.63) is 65.2 Å². The second-order valence-corrected chi connectivity index (χ2v) is 6.24. The van der Waals surface area contributed by atoms with Gasteiger partial charge in [0.25, 0.3) is 0 Å². The van der Waals surface area contributed by atoms with Gasteiger partial charge in [-0.25, -0.2) is 0 Å². The molecule has 1 atom stereocenters. The Kier molecular flexibility index (Phi) is 5.49. The van der Waals surface area contributed by atoms with Crippen molar-refractivity contribution in [2.24, 2.45) is 5.73 Å². The molecule has 1 aliphatic carbocycles. The van der Waals surface area contributed by atoms with Crippen LogP contribution in [0.3, 0.4) is 0 Å². The van der Waals surface area contributed by atoms with Crippen LogP contribution in [0.2, 0.25) is 0 Å². The number of fused-ring (bicyclic) bond motifs is 1. The molecule has 0 radical (unpaired) electrons. The van der Waals surface area contributed by atoms with Crippen molar-refractivity contribution in [1.82, 2.24) is 5.32 Å². The maximum atomic E-state index is 12.3. The number of ether oxygens (including phenoxy) is 1. The van der Waals surface area contributed by atoms with E-state index in [2.05, 4.69) is 29.6 Å². The summed E-state index contributed by atoms with van der Waals surface area (Å²) in [5.74, 6) is 0.827. The van der Waals surface area contributed by atoms with Crippen LogP contribution in [-0.2, 0) is 24.1 Å². The second kappa shape index (κ2) is 7.97. The number of hydrogen-bond donors (Lipinski definition) is 2. The number of carbonyl (C=O) groups is 1. The SMILES string of the molecule is NCCOc1cccc(CC(=O)N[C@@H]2CCc3ccccc3C2)c1. The molecule has 1 aliphatic rings. The van der Waals surface area contributed by atoms with E-state index in [9.17, 15) is 4.79 Å². The minimum Gasteiger partial charge on any atom is -0.492 e. The van der Waals surface area contributed by atoms with E-state index in [0.29, 0.717) is 19.6 Å². The zero-order chi connectivity index (χ0) is 16.8. The van der Waals surface area contributed by atoms with Gasteiger partial charge in [-0.05, 0) is 48.1 Å². The van der Waals surface area contributed by atoms with Gasteiger partial charge in [0.2, 0.25) is 5.91 Å². The number of hydrogen-bond acceptors (Lipinski definition) is 3. The molecule has 0 saturated carbocycles. The lowest BCUT2D eigenvalue weighted by molar-refractivity contribution is -0.121. The van der Waals surface area contributed by atoms with Crippen LogP contribution in [-0.4, -0.2) is 25.1 Å². The van der Waals surface area contributed by atoms with Crippen molar-refractivity contribution in [2.45, 2.75) is 31.7 Å². The number of rotatable bonds is 6. The second-order valence-electron chi connectivity index (χ2n) is 6.24. The van der Waals surface area contributed by atoms with Crippen molar-refractivity contribution >= 4 is 5.91 Å². The van der Waals surface area contributed by atoms with Crippen LogP contribution in [0.1, 0.15) is 23.1 Å². The molecule has 0 aliphatic heterocycles. The molecule has 126 valence electrons. The number of aryl methyl sites for hydroxylation is 1. The molecule has 0 saturated heterocycles. The molecule has 1 amide bonds. The van der Waals surface area contributed by atoms with Crippen molar-refractivity contribution in [3.8, 4) is 5.75 Å². The highest BCUT2D eigenvalue weighted by atomic mass is 16.5. The third kappa shape index (κ3) is 4.36. The molecule has 3 rings (SSSR count). The van der Waals surface area contributed by atoms with Gasteiger partial charge in [0, 0.05) is 12.6 Å². The molecule has 0 heterocycles. The minimum atomic E-state index is 0.0651. The predicted octanol–water partition coefficient (Wildman–Crippen LogP) is 2.24. The molecule has 2 aromatic rings. The summed E-state index contributed by atoms with van der Waals surface area (Å²) in [6.45, 7) is 0.963. The largest absolute Gasteiger partial charge is 0.492 e. The maximum absolute atomic E-state index is 12.3. The van der Waals surface area contributed by atoms with Crippen LogP contribution in [0.15, 0.2) is 48.5 Å². The Labute approximate surface area is 143 Å². The Morgan fingerprint density at radius 3 is 2.83 bits per heavy atom. The topological polar surface area (TPSA) is 64.3 Å². The van der Waals surface area contributed by atoms with E-state index in [4.69, 9.17) is 10.5 Å². The van der Waals surface area contributed by atoms with Crippen LogP contribution in [0, 0.1) is 0 Å². The third-order valence-corrected chi connectivity index (χ3v) is 4.36. The summed E-state index contributed by atoms with van der Waals surface area (Å²) in [5.41, 5.74) is 9.16. The lowest BCUT2D eigenvalue weighted by atomic mass is 9.88. The fraction of sp³-hybridized carbons (Fsp3) is 0.350. The molecular formula is C20H24N2O2. The lowest BCUT2D eigenvalue weighted by Crippen LogP contribution is -2.39. The van der Waals surface area contributed by atoms with Gasteiger partial charge in [-0.1, -0.05) is 36.4 Å². The fourth-order valence-electron chi connectivity index (χ4n) is 3.21. The van der Waals surface area contributed by atoms with Gasteiger partial charge in [-0.3, -0.25) is 4.79 Å². The first-order chi connectivity index (χ1) is 11.7. The van der Waals surface area contributed by atoms with Gasteiger partial charge >= 0.3 is 0 Å². The van der Waals surface area contributed by atoms with E-state index >= 15 is 0 Å². The standard InChI is InChI=1S/C20H24N2O2/c21-10-11-24-19-7-3-4-15(12-19)13-20(23)22-18-9-8-16-5-1-2-6-17(16)14-18/h1-7,12,18H,8-11,13-14,21H2,(H,22,23)/t18-/m1/s1. The Morgan fingerprint density at radius 2 is 2.00 bits per heavy atom. The number of benzene rings is 2. The van der Waals surface area contributed by atoms with Crippen LogP contribution in [0.4, 0.5) is 0 Å². The quantitative estimate of drug-likeness (QED) is 0.856. The highest BCUT2D eigenvalue weighted by molar-refractivity contribution is 5.79. The van der Waals surface area contributed by atoms with Crippen LogP contribution in [0.5, 0.6) is 5.75 Å². The highest BCUT2D eigenvalue weighted by Gasteiger charge is 2.19. The van der Waals surface area contributed by atoms with E-state index in [1.165, 1.54) is 11.1 Å². The van der Waals surface area contributed by atoms with E-state index in [0.717, 1.165) is 30.6 Å². The third-order valence-electron chi connectivity index (χ3n) is 4.36. The number of nitrogens with one attached hydrogen (secondary N) is 1. The summed E-state index contributed by atoms with van der Waals surface area (Å²) in [6, 6.07) is 16.4. The normalized spacial score (nSPS) is 16.3. The van der Waals surface area contributed by atoms with Crippen molar-refractivity contribution in [1.29, 1.82) is 0 Å². The fourth-order valence-corrected chi connectivity index (χ4v) is 3.21.